The summed E-state index contributed by atoms with van der Waals surface area (Å²) in [5.41, 5.74) is 10.3. The van der Waals surface area contributed by atoms with Crippen molar-refractivity contribution in [2.24, 2.45) is 10.8 Å². The number of rotatable bonds is 2. The van der Waals surface area contributed by atoms with Crippen molar-refractivity contribution in [3.8, 4) is 0 Å². The van der Waals surface area contributed by atoms with E-state index in [1.165, 1.54) is 5.56 Å². The number of nitrogens with one attached hydrogen (secondary N) is 1. The van der Waals surface area contributed by atoms with E-state index in [4.69, 9.17) is 5.73 Å². The normalized spacial score (nSPS) is 10.4. The molecule has 1 aromatic carbocycles. The van der Waals surface area contributed by atoms with Gasteiger partial charge in [-0.05, 0) is 25.0 Å². The summed E-state index contributed by atoms with van der Waals surface area (Å²) in [6.45, 7) is 4.01. The number of hydrogen-bond acceptors (Lipinski definition) is 2. The lowest BCUT2D eigenvalue weighted by molar-refractivity contribution is 0.249. The molecule has 0 saturated heterocycles. The maximum atomic E-state index is 10.3. The van der Waals surface area contributed by atoms with Gasteiger partial charge in [-0.2, -0.15) is 5.10 Å². The molecule has 2 amide bonds. The summed E-state index contributed by atoms with van der Waals surface area (Å²) >= 11 is 0. The van der Waals surface area contributed by atoms with E-state index < -0.39 is 6.03 Å². The lowest BCUT2D eigenvalue weighted by Gasteiger charge is -2.00. The van der Waals surface area contributed by atoms with Gasteiger partial charge in [0.25, 0.3) is 0 Å². The van der Waals surface area contributed by atoms with E-state index in [1.54, 1.807) is 6.21 Å². The highest BCUT2D eigenvalue weighted by Crippen LogP contribution is 2.07. The van der Waals surface area contributed by atoms with Crippen LogP contribution in [0.5, 0.6) is 0 Å². The third kappa shape index (κ3) is 2.90. The number of carbonyl (C=O) groups excluding carboxylic acids is 1. The summed E-state index contributed by atoms with van der Waals surface area (Å²) in [6.07, 6.45) is 1.57. The molecule has 0 atom stereocenters. The van der Waals surface area contributed by atoms with Crippen molar-refractivity contribution in [3.63, 3.8) is 0 Å². The Morgan fingerprint density at radius 3 is 2.79 bits per heavy atom. The van der Waals surface area contributed by atoms with E-state index in [-0.39, 0.29) is 0 Å². The van der Waals surface area contributed by atoms with Crippen molar-refractivity contribution >= 4 is 12.2 Å². The third-order valence-corrected chi connectivity index (χ3v) is 1.80. The summed E-state index contributed by atoms with van der Waals surface area (Å²) in [4.78, 5) is 10.3. The molecule has 3 N–H and O–H groups in total. The van der Waals surface area contributed by atoms with Crippen molar-refractivity contribution in [2.75, 3.05) is 0 Å². The number of nitrogens with zero attached hydrogens (tertiary/aromatic N) is 1. The molecule has 0 aliphatic rings. The highest BCUT2D eigenvalue weighted by molar-refractivity contribution is 5.83. The fraction of sp³-hybridized carbons (Fsp3) is 0.200. The SMILES string of the molecule is Cc1ccc(C=NNC(N)=O)c(C)c1. The number of benzene rings is 1. The third-order valence-electron chi connectivity index (χ3n) is 1.80. The fourth-order valence-electron chi connectivity index (χ4n) is 1.14. The molecule has 0 spiro atoms. The molecule has 0 unspecified atom stereocenters. The van der Waals surface area contributed by atoms with Crippen molar-refractivity contribution in [3.05, 3.63) is 34.9 Å². The minimum absolute atomic E-state index is 0.661. The predicted molar refractivity (Wildman–Crippen MR) is 56.2 cm³/mol. The first kappa shape index (κ1) is 10.2. The number of aryl methyl sites for hydroxylation is 2. The van der Waals surface area contributed by atoms with Gasteiger partial charge in [0.2, 0.25) is 0 Å². The number of hydrazone groups is 1. The number of amides is 2. The van der Waals surface area contributed by atoms with Crippen LogP contribution in [0.3, 0.4) is 0 Å². The average Bonchev–Trinajstić information content (AvgIpc) is 2.08. The van der Waals surface area contributed by atoms with Crippen LogP contribution in [0.15, 0.2) is 23.3 Å². The molecular formula is C10H13N3O. The smallest absolute Gasteiger partial charge is 0.332 e. The molecule has 74 valence electrons. The second kappa shape index (κ2) is 4.41. The molecule has 4 nitrogen and oxygen atoms in total. The predicted octanol–water partition coefficient (Wildman–Crippen LogP) is 1.31. The topological polar surface area (TPSA) is 67.5 Å². The van der Waals surface area contributed by atoms with Crippen LogP contribution in [-0.4, -0.2) is 12.2 Å². The first-order valence-corrected chi connectivity index (χ1v) is 4.25. The molecule has 14 heavy (non-hydrogen) atoms. The van der Waals surface area contributed by atoms with Gasteiger partial charge in [0.05, 0.1) is 6.21 Å². The van der Waals surface area contributed by atoms with Gasteiger partial charge in [-0.3, -0.25) is 0 Å². The Bertz CT molecular complexity index is 372. The monoisotopic (exact) mass is 191 g/mol. The van der Waals surface area contributed by atoms with Gasteiger partial charge in [0.1, 0.15) is 0 Å². The highest BCUT2D eigenvalue weighted by atomic mass is 16.2. The molecular weight excluding hydrogens is 178 g/mol. The Hall–Kier alpha value is -1.84. The van der Waals surface area contributed by atoms with E-state index in [2.05, 4.69) is 10.5 Å². The fourth-order valence-corrected chi connectivity index (χ4v) is 1.14. The molecule has 0 bridgehead atoms. The van der Waals surface area contributed by atoms with Crippen molar-refractivity contribution in [2.45, 2.75) is 13.8 Å². The summed E-state index contributed by atoms with van der Waals surface area (Å²) < 4.78 is 0. The Morgan fingerprint density at radius 2 is 2.21 bits per heavy atom. The molecule has 0 fully saturated rings. The summed E-state index contributed by atoms with van der Waals surface area (Å²) in [5, 5.41) is 3.68. The zero-order chi connectivity index (χ0) is 10.6. The summed E-state index contributed by atoms with van der Waals surface area (Å²) in [5.74, 6) is 0. The first-order valence-electron chi connectivity index (χ1n) is 4.25. The lowest BCUT2D eigenvalue weighted by atomic mass is 10.1. The first-order chi connectivity index (χ1) is 6.59. The number of primary amides is 1. The molecule has 0 aliphatic heterocycles. The molecule has 0 heterocycles. The molecule has 0 aliphatic carbocycles. The van der Waals surface area contributed by atoms with Gasteiger partial charge in [0, 0.05) is 0 Å². The quantitative estimate of drug-likeness (QED) is 0.537. The van der Waals surface area contributed by atoms with Crippen LogP contribution in [0.4, 0.5) is 4.79 Å². The van der Waals surface area contributed by atoms with E-state index in [0.717, 1.165) is 11.1 Å². The number of urea groups is 1. The second-order valence-corrected chi connectivity index (χ2v) is 3.09. The Morgan fingerprint density at radius 1 is 1.50 bits per heavy atom. The van der Waals surface area contributed by atoms with Crippen LogP contribution in [-0.2, 0) is 0 Å². The second-order valence-electron chi connectivity index (χ2n) is 3.09. The van der Waals surface area contributed by atoms with Gasteiger partial charge in [-0.15, -0.1) is 0 Å². The number of hydrogen-bond donors (Lipinski definition) is 2. The van der Waals surface area contributed by atoms with Crippen LogP contribution in [0, 0.1) is 13.8 Å². The van der Waals surface area contributed by atoms with Crippen molar-refractivity contribution < 1.29 is 4.79 Å². The van der Waals surface area contributed by atoms with Crippen LogP contribution in [0.2, 0.25) is 0 Å². The van der Waals surface area contributed by atoms with Crippen molar-refractivity contribution in [1.82, 2.24) is 5.43 Å². The van der Waals surface area contributed by atoms with Gasteiger partial charge < -0.3 is 5.73 Å². The maximum absolute atomic E-state index is 10.3. The zero-order valence-corrected chi connectivity index (χ0v) is 8.24. The van der Waals surface area contributed by atoms with Gasteiger partial charge in [-0.25, -0.2) is 10.2 Å². The van der Waals surface area contributed by atoms with Crippen LogP contribution in [0.25, 0.3) is 0 Å². The van der Waals surface area contributed by atoms with Gasteiger partial charge in [-0.1, -0.05) is 23.8 Å². The van der Waals surface area contributed by atoms with E-state index in [0.29, 0.717) is 0 Å². The maximum Gasteiger partial charge on any atom is 0.332 e. The summed E-state index contributed by atoms with van der Waals surface area (Å²) in [6, 6.07) is 5.31. The molecule has 1 aromatic rings. The van der Waals surface area contributed by atoms with Gasteiger partial charge >= 0.3 is 6.03 Å². The Labute approximate surface area is 82.8 Å². The van der Waals surface area contributed by atoms with E-state index >= 15 is 0 Å². The van der Waals surface area contributed by atoms with Crippen molar-refractivity contribution in [1.29, 1.82) is 0 Å². The van der Waals surface area contributed by atoms with Gasteiger partial charge in [0.15, 0.2) is 0 Å². The zero-order valence-electron chi connectivity index (χ0n) is 8.24. The number of nitrogens with two attached hydrogens (primary N) is 1. The van der Waals surface area contributed by atoms with E-state index in [9.17, 15) is 4.79 Å². The Kier molecular flexibility index (Phi) is 3.23. The number of carbonyl (C=O) groups is 1. The minimum atomic E-state index is -0.661. The molecule has 1 rings (SSSR count). The standard InChI is InChI=1S/C10H13N3O/c1-7-3-4-9(8(2)5-7)6-12-13-10(11)14/h3-6H,1-2H3,(H3,11,13,14). The largest absolute Gasteiger partial charge is 0.350 e. The minimum Gasteiger partial charge on any atom is -0.350 e. The van der Waals surface area contributed by atoms with Crippen LogP contribution in [0.1, 0.15) is 16.7 Å². The summed E-state index contributed by atoms with van der Waals surface area (Å²) in [7, 11) is 0. The Balaban J connectivity index is 2.76. The van der Waals surface area contributed by atoms with Crippen LogP contribution < -0.4 is 11.2 Å². The average molecular weight is 191 g/mol. The van der Waals surface area contributed by atoms with E-state index in [1.807, 2.05) is 32.0 Å². The highest BCUT2D eigenvalue weighted by Gasteiger charge is 1.94. The molecule has 4 heteroatoms. The molecule has 0 aromatic heterocycles. The van der Waals surface area contributed by atoms with Crippen LogP contribution >= 0.6 is 0 Å². The lowest BCUT2D eigenvalue weighted by Crippen LogP contribution is -2.24. The molecule has 0 radical (unpaired) electrons. The molecule has 0 saturated carbocycles.